The summed E-state index contributed by atoms with van der Waals surface area (Å²) >= 11 is 0. The van der Waals surface area contributed by atoms with Crippen LogP contribution in [-0.4, -0.2) is 26.5 Å². The zero-order valence-corrected chi connectivity index (χ0v) is 17.0. The maximum atomic E-state index is 14.9. The van der Waals surface area contributed by atoms with E-state index in [1.807, 2.05) is 0 Å². The average molecular weight is 445 g/mol. The number of pyridine rings is 1. The zero-order valence-electron chi connectivity index (χ0n) is 17.0. The van der Waals surface area contributed by atoms with Crippen LogP contribution in [0.1, 0.15) is 26.4 Å². The van der Waals surface area contributed by atoms with Gasteiger partial charge in [0, 0.05) is 23.9 Å². The molecule has 0 saturated carbocycles. The monoisotopic (exact) mass is 445 g/mol. The molecule has 3 aromatic heterocycles. The van der Waals surface area contributed by atoms with Crippen molar-refractivity contribution in [3.63, 3.8) is 0 Å². The number of nitrogens with zero attached hydrogens (tertiary/aromatic N) is 1. The minimum atomic E-state index is -1.31. The van der Waals surface area contributed by atoms with Crippen molar-refractivity contribution in [3.8, 4) is 11.1 Å². The number of furan rings is 1. The van der Waals surface area contributed by atoms with Gasteiger partial charge >= 0.3 is 5.97 Å². The Kier molecular flexibility index (Phi) is 4.59. The number of carboxylic acid groups (broad SMARTS) is 1. The van der Waals surface area contributed by atoms with Crippen LogP contribution >= 0.6 is 0 Å². The molecule has 3 heterocycles. The van der Waals surface area contributed by atoms with Gasteiger partial charge in [-0.2, -0.15) is 0 Å². The lowest BCUT2D eigenvalue weighted by Crippen LogP contribution is -2.14. The van der Waals surface area contributed by atoms with Crippen LogP contribution in [0.15, 0.2) is 70.2 Å². The van der Waals surface area contributed by atoms with Gasteiger partial charge in [-0.1, -0.05) is 12.1 Å². The van der Waals surface area contributed by atoms with Crippen molar-refractivity contribution in [2.75, 3.05) is 0 Å². The Morgan fingerprint density at radius 2 is 1.97 bits per heavy atom. The molecule has 9 heteroatoms. The van der Waals surface area contributed by atoms with E-state index in [-0.39, 0.29) is 45.4 Å². The Morgan fingerprint density at radius 1 is 1.15 bits per heavy atom. The highest BCUT2D eigenvalue weighted by molar-refractivity contribution is 6.17. The van der Waals surface area contributed by atoms with Crippen molar-refractivity contribution in [1.82, 2.24) is 9.55 Å². The van der Waals surface area contributed by atoms with Crippen LogP contribution in [0.3, 0.4) is 0 Å². The van der Waals surface area contributed by atoms with Crippen molar-refractivity contribution in [1.29, 1.82) is 0 Å². The highest BCUT2D eigenvalue weighted by Crippen LogP contribution is 2.40. The van der Waals surface area contributed by atoms with Gasteiger partial charge in [-0.3, -0.25) is 9.59 Å². The molecule has 33 heavy (non-hydrogen) atoms. The van der Waals surface area contributed by atoms with Crippen molar-refractivity contribution in [2.45, 2.75) is 6.54 Å². The van der Waals surface area contributed by atoms with Gasteiger partial charge in [-0.05, 0) is 42.0 Å². The van der Waals surface area contributed by atoms with Crippen LogP contribution in [0.4, 0.5) is 4.39 Å². The average Bonchev–Trinajstić information content (AvgIpc) is 3.38. The van der Waals surface area contributed by atoms with E-state index in [0.29, 0.717) is 10.9 Å². The van der Waals surface area contributed by atoms with Gasteiger partial charge in [0.1, 0.15) is 17.1 Å². The van der Waals surface area contributed by atoms with E-state index in [0.717, 1.165) is 0 Å². The van der Waals surface area contributed by atoms with Crippen LogP contribution in [0.5, 0.6) is 0 Å². The van der Waals surface area contributed by atoms with Crippen molar-refractivity contribution >= 4 is 33.7 Å². The quantitative estimate of drug-likeness (QED) is 0.379. The number of carbonyl (C=O) groups excluding carboxylic acids is 1. The van der Waals surface area contributed by atoms with E-state index in [1.165, 1.54) is 41.3 Å². The predicted octanol–water partition coefficient (Wildman–Crippen LogP) is 3.73. The third-order valence-electron chi connectivity index (χ3n) is 5.56. The summed E-state index contributed by atoms with van der Waals surface area (Å²) < 4.78 is 21.8. The number of halogens is 1. The summed E-state index contributed by atoms with van der Waals surface area (Å²) in [5.74, 6) is -2.54. The topological polar surface area (TPSA) is 131 Å². The summed E-state index contributed by atoms with van der Waals surface area (Å²) in [5, 5.41) is 10.7. The first-order valence-corrected chi connectivity index (χ1v) is 9.89. The van der Waals surface area contributed by atoms with Crippen molar-refractivity contribution < 1.29 is 23.5 Å². The second kappa shape index (κ2) is 7.49. The molecule has 2 aromatic carbocycles. The van der Waals surface area contributed by atoms with E-state index in [9.17, 15) is 23.9 Å². The fourth-order valence-electron chi connectivity index (χ4n) is 4.18. The van der Waals surface area contributed by atoms with Gasteiger partial charge in [0.15, 0.2) is 0 Å². The Bertz CT molecular complexity index is 1640. The minimum Gasteiger partial charge on any atom is -0.477 e. The smallest absolute Gasteiger partial charge is 0.353 e. The molecule has 0 aliphatic heterocycles. The fraction of sp³-hybridized carbons (Fsp3) is 0.0417. The molecule has 0 atom stereocenters. The molecule has 0 aliphatic rings. The second-order valence-electron chi connectivity index (χ2n) is 7.51. The molecule has 0 aliphatic carbocycles. The Balaban J connectivity index is 1.91. The van der Waals surface area contributed by atoms with Crippen LogP contribution in [0, 0.1) is 5.82 Å². The maximum Gasteiger partial charge on any atom is 0.353 e. The van der Waals surface area contributed by atoms with Crippen LogP contribution in [0.25, 0.3) is 33.0 Å². The molecular formula is C24H16FN3O5. The summed E-state index contributed by atoms with van der Waals surface area (Å²) in [6, 6.07) is 12.1. The van der Waals surface area contributed by atoms with Gasteiger partial charge < -0.3 is 24.8 Å². The number of hydrogen-bond acceptors (Lipinski definition) is 4. The summed E-state index contributed by atoms with van der Waals surface area (Å²) in [7, 11) is 0. The molecule has 5 rings (SSSR count). The van der Waals surface area contributed by atoms with Crippen LogP contribution < -0.4 is 11.3 Å². The molecule has 8 nitrogen and oxygen atoms in total. The maximum absolute atomic E-state index is 14.9. The summed E-state index contributed by atoms with van der Waals surface area (Å²) in [6.45, 7) is -0.0182. The molecular weight excluding hydrogens is 429 g/mol. The number of H-pyrrole nitrogens is 1. The molecule has 0 spiro atoms. The molecule has 0 bridgehead atoms. The van der Waals surface area contributed by atoms with Crippen molar-refractivity contribution in [2.24, 2.45) is 5.73 Å². The third-order valence-corrected chi connectivity index (χ3v) is 5.56. The first-order chi connectivity index (χ1) is 15.9. The number of hydrogen-bond donors (Lipinski definition) is 3. The number of aromatic amines is 1. The number of nitrogens with two attached hydrogens (primary N) is 1. The summed E-state index contributed by atoms with van der Waals surface area (Å²) in [6.07, 6.45) is 2.74. The number of primary amides is 1. The number of fused-ring (bicyclic) bond motifs is 3. The van der Waals surface area contributed by atoms with Crippen molar-refractivity contribution in [3.05, 3.63) is 94.0 Å². The second-order valence-corrected chi connectivity index (χ2v) is 7.51. The van der Waals surface area contributed by atoms with E-state index in [4.69, 9.17) is 10.2 Å². The Labute approximate surface area is 184 Å². The van der Waals surface area contributed by atoms with Crippen LogP contribution in [-0.2, 0) is 6.54 Å². The summed E-state index contributed by atoms with van der Waals surface area (Å²) in [5.41, 5.74) is 6.06. The third kappa shape index (κ3) is 3.18. The molecule has 164 valence electrons. The number of aromatic nitrogens is 2. The molecule has 5 aromatic rings. The van der Waals surface area contributed by atoms with Gasteiger partial charge in [-0.25, -0.2) is 9.18 Å². The lowest BCUT2D eigenvalue weighted by molar-refractivity contribution is 0.0687. The molecule has 4 N–H and O–H groups in total. The van der Waals surface area contributed by atoms with E-state index >= 15 is 0 Å². The molecule has 0 saturated heterocycles. The molecule has 0 radical (unpaired) electrons. The Hall–Kier alpha value is -4.66. The molecule has 0 fully saturated rings. The first-order valence-electron chi connectivity index (χ1n) is 9.89. The highest BCUT2D eigenvalue weighted by atomic mass is 19.1. The van der Waals surface area contributed by atoms with Crippen LogP contribution in [0.2, 0.25) is 0 Å². The SMILES string of the molecule is NC(=O)c1cccc(Cn2c(C(=O)O)c(-c3ccc[nH]c3=O)c3c4occc4c(F)cc32)c1. The standard InChI is InChI=1S/C24H16FN3O5/c25-16-10-17-19(21-14(16)6-8-33-21)18(15-5-2-7-27-23(15)30)20(24(31)32)28(17)11-12-3-1-4-13(9-12)22(26)29/h1-10H,11H2,(H2,26,29)(H,27,30)(H,31,32). The lowest BCUT2D eigenvalue weighted by atomic mass is 10.0. The molecule has 0 unspecified atom stereocenters. The zero-order chi connectivity index (χ0) is 23.3. The lowest BCUT2D eigenvalue weighted by Gasteiger charge is -2.10. The number of rotatable bonds is 5. The number of aromatic carboxylic acids is 1. The molecule has 1 amide bonds. The van der Waals surface area contributed by atoms with Gasteiger partial charge in [0.05, 0.1) is 28.1 Å². The number of carboxylic acids is 1. The van der Waals surface area contributed by atoms with E-state index < -0.39 is 23.3 Å². The first kappa shape index (κ1) is 20.3. The highest BCUT2D eigenvalue weighted by Gasteiger charge is 2.28. The van der Waals surface area contributed by atoms with Gasteiger partial charge in [-0.15, -0.1) is 0 Å². The number of amides is 1. The minimum absolute atomic E-state index is 0.0182. The Morgan fingerprint density at radius 3 is 2.70 bits per heavy atom. The fourth-order valence-corrected chi connectivity index (χ4v) is 4.18. The number of benzene rings is 2. The number of nitrogens with one attached hydrogen (secondary N) is 1. The predicted molar refractivity (Wildman–Crippen MR) is 119 cm³/mol. The summed E-state index contributed by atoms with van der Waals surface area (Å²) in [4.78, 5) is 39.3. The normalized spacial score (nSPS) is 11.3. The largest absolute Gasteiger partial charge is 0.477 e. The van der Waals surface area contributed by atoms with E-state index in [2.05, 4.69) is 4.98 Å². The van der Waals surface area contributed by atoms with Gasteiger partial charge in [0.2, 0.25) is 5.91 Å². The van der Waals surface area contributed by atoms with Gasteiger partial charge in [0.25, 0.3) is 5.56 Å². The van der Waals surface area contributed by atoms with E-state index in [1.54, 1.807) is 24.3 Å². The number of carbonyl (C=O) groups is 2.